The molecule has 0 aliphatic heterocycles. The maximum absolute atomic E-state index is 12.6. The van der Waals surface area contributed by atoms with E-state index >= 15 is 0 Å². The quantitative estimate of drug-likeness (QED) is 0.716. The van der Waals surface area contributed by atoms with E-state index < -0.39 is 0 Å². The van der Waals surface area contributed by atoms with Gasteiger partial charge in [0.1, 0.15) is 0 Å². The Morgan fingerprint density at radius 1 is 1.00 bits per heavy atom. The molecule has 1 aromatic heterocycles. The van der Waals surface area contributed by atoms with Gasteiger partial charge in [0, 0.05) is 30.9 Å². The molecule has 154 valence electrons. The molecule has 2 N–H and O–H groups in total. The lowest BCUT2D eigenvalue weighted by molar-refractivity contribution is -0.126. The topological polar surface area (TPSA) is 54.0 Å². The second kappa shape index (κ2) is 12.1. The van der Waals surface area contributed by atoms with Crippen molar-refractivity contribution in [3.8, 4) is 11.1 Å². The van der Waals surface area contributed by atoms with E-state index in [2.05, 4.69) is 40.7 Å². The van der Waals surface area contributed by atoms with Crippen molar-refractivity contribution in [1.29, 1.82) is 0 Å². The molecule has 3 rings (SSSR count). The summed E-state index contributed by atoms with van der Waals surface area (Å²) >= 11 is 0. The summed E-state index contributed by atoms with van der Waals surface area (Å²) in [6.45, 7) is 2.76. The molecule has 4 nitrogen and oxygen atoms in total. The first-order valence-electron chi connectivity index (χ1n) is 9.68. The minimum Gasteiger partial charge on any atom is -0.352 e. The molecule has 0 saturated heterocycles. The maximum atomic E-state index is 12.6. The van der Waals surface area contributed by atoms with Gasteiger partial charge < -0.3 is 10.6 Å². The van der Waals surface area contributed by atoms with Gasteiger partial charge >= 0.3 is 0 Å². The number of carbonyl (C=O) groups excluding carboxylic acids is 1. The van der Waals surface area contributed by atoms with Crippen LogP contribution < -0.4 is 10.6 Å². The van der Waals surface area contributed by atoms with Crippen LogP contribution in [0, 0.1) is 5.92 Å². The number of pyridine rings is 1. The van der Waals surface area contributed by atoms with E-state index in [9.17, 15) is 4.79 Å². The Balaban J connectivity index is 0.00000196. The summed E-state index contributed by atoms with van der Waals surface area (Å²) in [5, 5.41) is 6.51. The van der Waals surface area contributed by atoms with Crippen molar-refractivity contribution in [3.05, 3.63) is 53.9 Å². The Hall–Kier alpha value is -1.62. The molecule has 2 aromatic rings. The van der Waals surface area contributed by atoms with Crippen LogP contribution in [0.2, 0.25) is 0 Å². The largest absolute Gasteiger partial charge is 0.352 e. The number of amides is 1. The van der Waals surface area contributed by atoms with E-state index in [0.717, 1.165) is 37.7 Å². The van der Waals surface area contributed by atoms with E-state index in [4.69, 9.17) is 0 Å². The van der Waals surface area contributed by atoms with Gasteiger partial charge in [0.05, 0.1) is 0 Å². The van der Waals surface area contributed by atoms with Gasteiger partial charge in [0.25, 0.3) is 0 Å². The predicted octanol–water partition coefficient (Wildman–Crippen LogP) is 4.55. The zero-order valence-corrected chi connectivity index (χ0v) is 18.2. The molecule has 0 unspecified atom stereocenters. The third-order valence-electron chi connectivity index (χ3n) is 5.56. The highest BCUT2D eigenvalue weighted by Crippen LogP contribution is 2.25. The Labute approximate surface area is 180 Å². The molecule has 1 heterocycles. The van der Waals surface area contributed by atoms with Gasteiger partial charge in [-0.15, -0.1) is 24.8 Å². The van der Waals surface area contributed by atoms with E-state index in [1.807, 2.05) is 31.6 Å². The first-order chi connectivity index (χ1) is 12.7. The average molecular weight is 424 g/mol. The number of nitrogens with zero attached hydrogens (tertiary/aromatic N) is 1. The molecule has 28 heavy (non-hydrogen) atoms. The SMILES string of the molecule is CCc1ccc(-c2ccncc2)cc1CNC(=O)C1CCC(NC)CC1.Cl.Cl. The van der Waals surface area contributed by atoms with Crippen molar-refractivity contribution in [2.75, 3.05) is 7.05 Å². The van der Waals surface area contributed by atoms with Crippen LogP contribution in [0.3, 0.4) is 0 Å². The first-order valence-corrected chi connectivity index (χ1v) is 9.68. The third-order valence-corrected chi connectivity index (χ3v) is 5.56. The Bertz CT molecular complexity index is 732. The smallest absolute Gasteiger partial charge is 0.223 e. The number of carbonyl (C=O) groups is 1. The van der Waals surface area contributed by atoms with Crippen LogP contribution in [0.25, 0.3) is 11.1 Å². The van der Waals surface area contributed by atoms with Crippen molar-refractivity contribution in [1.82, 2.24) is 15.6 Å². The summed E-state index contributed by atoms with van der Waals surface area (Å²) in [6, 6.07) is 11.1. The second-order valence-electron chi connectivity index (χ2n) is 7.13. The zero-order chi connectivity index (χ0) is 18.4. The number of hydrogen-bond donors (Lipinski definition) is 2. The molecule has 0 spiro atoms. The van der Waals surface area contributed by atoms with Gasteiger partial charge in [-0.3, -0.25) is 9.78 Å². The summed E-state index contributed by atoms with van der Waals surface area (Å²) in [6.07, 6.45) is 8.73. The molecule has 1 aromatic carbocycles. The third kappa shape index (κ3) is 6.20. The van der Waals surface area contributed by atoms with Gasteiger partial charge in [-0.05, 0) is 79.6 Å². The van der Waals surface area contributed by atoms with Gasteiger partial charge in [-0.1, -0.05) is 19.1 Å². The Kier molecular flexibility index (Phi) is 10.5. The standard InChI is InChI=1S/C22H29N3O.2ClH/c1-3-16-4-5-19(17-10-12-24-13-11-17)14-20(16)15-25-22(26)18-6-8-21(23-2)9-7-18;;/h4-5,10-14,18,21,23H,3,6-9,15H2,1-2H3,(H,25,26);2*1H. The van der Waals surface area contributed by atoms with Crippen LogP contribution in [0.4, 0.5) is 0 Å². The number of hydrogen-bond acceptors (Lipinski definition) is 3. The summed E-state index contributed by atoms with van der Waals surface area (Å²) in [7, 11) is 2.01. The normalized spacial score (nSPS) is 18.5. The lowest BCUT2D eigenvalue weighted by Gasteiger charge is -2.27. The monoisotopic (exact) mass is 423 g/mol. The highest BCUT2D eigenvalue weighted by atomic mass is 35.5. The minimum atomic E-state index is 0. The summed E-state index contributed by atoms with van der Waals surface area (Å²) in [5.41, 5.74) is 4.82. The second-order valence-corrected chi connectivity index (χ2v) is 7.13. The van der Waals surface area contributed by atoms with Crippen LogP contribution >= 0.6 is 24.8 Å². The van der Waals surface area contributed by atoms with Gasteiger partial charge in [0.2, 0.25) is 5.91 Å². The maximum Gasteiger partial charge on any atom is 0.223 e. The molecule has 1 amide bonds. The fourth-order valence-corrected chi connectivity index (χ4v) is 3.83. The van der Waals surface area contributed by atoms with Gasteiger partial charge in [-0.2, -0.15) is 0 Å². The Morgan fingerprint density at radius 3 is 2.29 bits per heavy atom. The van der Waals surface area contributed by atoms with Crippen LogP contribution in [0.15, 0.2) is 42.7 Å². The molecule has 0 radical (unpaired) electrons. The molecular formula is C22H31Cl2N3O. The summed E-state index contributed by atoms with van der Waals surface area (Å²) in [4.78, 5) is 16.7. The highest BCUT2D eigenvalue weighted by Gasteiger charge is 2.25. The molecule has 1 fully saturated rings. The van der Waals surface area contributed by atoms with E-state index in [1.54, 1.807) is 0 Å². The fraction of sp³-hybridized carbons (Fsp3) is 0.455. The van der Waals surface area contributed by atoms with Crippen molar-refractivity contribution < 1.29 is 4.79 Å². The summed E-state index contributed by atoms with van der Waals surface area (Å²) in [5.74, 6) is 0.365. The number of benzene rings is 1. The van der Waals surface area contributed by atoms with Crippen molar-refractivity contribution in [2.24, 2.45) is 5.92 Å². The van der Waals surface area contributed by atoms with E-state index in [0.29, 0.717) is 12.6 Å². The molecule has 6 heteroatoms. The molecule has 1 saturated carbocycles. The van der Waals surface area contributed by atoms with Crippen molar-refractivity contribution in [3.63, 3.8) is 0 Å². The molecule has 1 aliphatic carbocycles. The van der Waals surface area contributed by atoms with Crippen LogP contribution in [0.5, 0.6) is 0 Å². The molecule has 0 atom stereocenters. The number of aromatic nitrogens is 1. The molecule has 0 bridgehead atoms. The van der Waals surface area contributed by atoms with Gasteiger partial charge in [-0.25, -0.2) is 0 Å². The lowest BCUT2D eigenvalue weighted by atomic mass is 9.85. The molecular weight excluding hydrogens is 393 g/mol. The number of aryl methyl sites for hydroxylation is 1. The van der Waals surface area contributed by atoms with Crippen LogP contribution in [-0.2, 0) is 17.8 Å². The fourth-order valence-electron chi connectivity index (χ4n) is 3.83. The highest BCUT2D eigenvalue weighted by molar-refractivity contribution is 5.85. The predicted molar refractivity (Wildman–Crippen MR) is 120 cm³/mol. The zero-order valence-electron chi connectivity index (χ0n) is 16.6. The van der Waals surface area contributed by atoms with Crippen LogP contribution in [0.1, 0.15) is 43.7 Å². The first kappa shape index (κ1) is 24.4. The van der Waals surface area contributed by atoms with Crippen LogP contribution in [-0.4, -0.2) is 24.0 Å². The van der Waals surface area contributed by atoms with Gasteiger partial charge in [0.15, 0.2) is 0 Å². The summed E-state index contributed by atoms with van der Waals surface area (Å²) < 4.78 is 0. The number of nitrogens with one attached hydrogen (secondary N) is 2. The lowest BCUT2D eigenvalue weighted by Crippen LogP contribution is -2.37. The Morgan fingerprint density at radius 2 is 1.68 bits per heavy atom. The minimum absolute atomic E-state index is 0. The molecule has 1 aliphatic rings. The average Bonchev–Trinajstić information content (AvgIpc) is 2.72. The van der Waals surface area contributed by atoms with Crippen molar-refractivity contribution >= 4 is 30.7 Å². The van der Waals surface area contributed by atoms with E-state index in [1.165, 1.54) is 16.7 Å². The number of rotatable bonds is 6. The van der Waals surface area contributed by atoms with E-state index in [-0.39, 0.29) is 36.6 Å². The number of halogens is 2. The van der Waals surface area contributed by atoms with Crippen molar-refractivity contribution in [2.45, 2.75) is 51.6 Å².